The summed E-state index contributed by atoms with van der Waals surface area (Å²) in [6.45, 7) is 6.32. The Kier molecular flexibility index (Phi) is 12.9. The van der Waals surface area contributed by atoms with Crippen molar-refractivity contribution in [2.75, 3.05) is 17.7 Å². The number of imidazole rings is 1. The number of aliphatic carboxylic acids is 2. The number of aromatic nitrogens is 3. The third-order valence-electron chi connectivity index (χ3n) is 6.94. The van der Waals surface area contributed by atoms with Gasteiger partial charge in [-0.25, -0.2) is 23.9 Å². The second-order valence-electron chi connectivity index (χ2n) is 10.7. The number of aromatic amines is 1. The zero-order valence-electron chi connectivity index (χ0n) is 27.2. The predicted octanol–water partition coefficient (Wildman–Crippen LogP) is 8.08. The number of hydrogen-bond donors (Lipinski definition) is 5. The Bertz CT molecular complexity index is 1960. The maximum atomic E-state index is 15.9. The second kappa shape index (κ2) is 16.7. The molecule has 0 fully saturated rings. The monoisotopic (exact) mass is 723 g/mol. The van der Waals surface area contributed by atoms with Crippen LogP contribution in [0.1, 0.15) is 42.4 Å². The van der Waals surface area contributed by atoms with Crippen LogP contribution in [-0.4, -0.2) is 56.1 Å². The standard InChI is InChI=1S/C30H30FN5O.2C2HF3O2/c1-4-19-14-24(27(31)26(15-19)37-5-2)28(30-34-17-25(36-30)21-8-6-7-18(3)13-21)35-22-9-10-23-20(16-22)11-12-33-29(23)32;2*3-2(4,5)1(6)7/h6-17,28,35H,4-5H2,1-3H3,(H2,32,33)(H,34,36);2*(H,6,7). The first kappa shape index (κ1) is 39.6. The van der Waals surface area contributed by atoms with Crippen molar-refractivity contribution in [3.8, 4) is 17.0 Å². The van der Waals surface area contributed by atoms with Crippen molar-refractivity contribution in [3.05, 3.63) is 101 Å². The molecule has 6 N–H and O–H groups in total. The number of benzene rings is 3. The molecule has 272 valence electrons. The number of carboxylic acids is 2. The van der Waals surface area contributed by atoms with Crippen LogP contribution in [0.4, 0.5) is 42.2 Å². The fourth-order valence-corrected chi connectivity index (χ4v) is 4.55. The van der Waals surface area contributed by atoms with E-state index < -0.39 is 36.2 Å². The Labute approximate surface area is 286 Å². The zero-order chi connectivity index (χ0) is 38.1. The van der Waals surface area contributed by atoms with E-state index in [0.717, 1.165) is 45.3 Å². The van der Waals surface area contributed by atoms with E-state index in [4.69, 9.17) is 30.3 Å². The molecule has 0 radical (unpaired) electrons. The van der Waals surface area contributed by atoms with Crippen LogP contribution in [0.15, 0.2) is 73.1 Å². The summed E-state index contributed by atoms with van der Waals surface area (Å²) in [5.41, 5.74) is 11.3. The van der Waals surface area contributed by atoms with Gasteiger partial charge >= 0.3 is 24.3 Å². The van der Waals surface area contributed by atoms with Crippen LogP contribution in [0, 0.1) is 12.7 Å². The van der Waals surface area contributed by atoms with Crippen molar-refractivity contribution in [2.45, 2.75) is 45.6 Å². The lowest BCUT2D eigenvalue weighted by atomic mass is 9.99. The zero-order valence-corrected chi connectivity index (χ0v) is 27.2. The second-order valence-corrected chi connectivity index (χ2v) is 10.7. The number of nitrogens with zero attached hydrogens (tertiary/aromatic N) is 2. The summed E-state index contributed by atoms with van der Waals surface area (Å²) in [6, 6.07) is 19.0. The molecule has 0 spiro atoms. The molecule has 2 aromatic heterocycles. The molecular formula is C34H32F7N5O5. The van der Waals surface area contributed by atoms with Crippen LogP contribution >= 0.6 is 0 Å². The number of rotatable bonds is 8. The van der Waals surface area contributed by atoms with Gasteiger partial charge in [-0.1, -0.05) is 36.8 Å². The molecule has 0 amide bonds. The summed E-state index contributed by atoms with van der Waals surface area (Å²) in [7, 11) is 0. The smallest absolute Gasteiger partial charge is 0.490 e. The van der Waals surface area contributed by atoms with E-state index in [1.54, 1.807) is 18.5 Å². The van der Waals surface area contributed by atoms with Crippen molar-refractivity contribution in [1.82, 2.24) is 15.0 Å². The lowest BCUT2D eigenvalue weighted by Crippen LogP contribution is -2.21. The number of nitrogens with two attached hydrogens (primary N) is 1. The first-order chi connectivity index (χ1) is 23.8. The molecule has 17 heteroatoms. The van der Waals surface area contributed by atoms with Crippen LogP contribution in [0.3, 0.4) is 0 Å². The van der Waals surface area contributed by atoms with Crippen LogP contribution in [0.5, 0.6) is 5.75 Å². The molecule has 0 saturated carbocycles. The van der Waals surface area contributed by atoms with Crippen molar-refractivity contribution in [2.24, 2.45) is 0 Å². The van der Waals surface area contributed by atoms with Gasteiger partial charge in [-0.15, -0.1) is 0 Å². The number of carbonyl (C=O) groups is 2. The number of H-pyrrole nitrogens is 1. The molecule has 0 saturated heterocycles. The van der Waals surface area contributed by atoms with Gasteiger partial charge < -0.3 is 31.0 Å². The van der Waals surface area contributed by atoms with Gasteiger partial charge in [0.1, 0.15) is 17.7 Å². The average molecular weight is 724 g/mol. The van der Waals surface area contributed by atoms with Crippen LogP contribution in [0.2, 0.25) is 0 Å². The van der Waals surface area contributed by atoms with E-state index in [-0.39, 0.29) is 5.75 Å². The third-order valence-corrected chi connectivity index (χ3v) is 6.94. The van der Waals surface area contributed by atoms with Gasteiger partial charge in [0, 0.05) is 22.8 Å². The number of fused-ring (bicyclic) bond motifs is 1. The van der Waals surface area contributed by atoms with Gasteiger partial charge in [-0.05, 0) is 73.2 Å². The topological polar surface area (TPSA) is 163 Å². The van der Waals surface area contributed by atoms with E-state index in [0.29, 0.717) is 23.8 Å². The molecular weight excluding hydrogens is 691 g/mol. The van der Waals surface area contributed by atoms with Gasteiger partial charge in [0.25, 0.3) is 0 Å². The van der Waals surface area contributed by atoms with Gasteiger partial charge in [0.15, 0.2) is 11.6 Å². The summed E-state index contributed by atoms with van der Waals surface area (Å²) in [5.74, 6) is -4.61. The van der Waals surface area contributed by atoms with Gasteiger partial charge in [0.2, 0.25) is 0 Å². The molecule has 3 aromatic carbocycles. The van der Waals surface area contributed by atoms with Crippen molar-refractivity contribution in [3.63, 3.8) is 0 Å². The maximum absolute atomic E-state index is 15.9. The first-order valence-electron chi connectivity index (χ1n) is 14.9. The number of halogens is 7. The summed E-state index contributed by atoms with van der Waals surface area (Å²) in [4.78, 5) is 30.1. The number of pyridine rings is 1. The highest BCUT2D eigenvalue weighted by atomic mass is 19.4. The number of hydrogen-bond acceptors (Lipinski definition) is 7. The lowest BCUT2D eigenvalue weighted by molar-refractivity contribution is -0.193. The van der Waals surface area contributed by atoms with Crippen LogP contribution in [0.25, 0.3) is 22.0 Å². The highest BCUT2D eigenvalue weighted by Gasteiger charge is 2.39. The number of carboxylic acid groups (broad SMARTS) is 2. The van der Waals surface area contributed by atoms with E-state index in [1.165, 1.54) is 0 Å². The van der Waals surface area contributed by atoms with Crippen molar-refractivity contribution >= 4 is 34.2 Å². The van der Waals surface area contributed by atoms with E-state index >= 15 is 4.39 Å². The molecule has 0 aliphatic carbocycles. The molecule has 2 heterocycles. The van der Waals surface area contributed by atoms with E-state index in [1.807, 2.05) is 69.3 Å². The van der Waals surface area contributed by atoms with Gasteiger partial charge in [0.05, 0.1) is 18.5 Å². The van der Waals surface area contributed by atoms with Gasteiger partial charge in [-0.2, -0.15) is 26.3 Å². The number of anilines is 2. The SMILES string of the molecule is CCOc1cc(CC)cc(C(Nc2ccc3c(N)nccc3c2)c2ncc(-c3cccc(C)c3)[nH]2)c1F.O=C(O)C(F)(F)F.O=C(O)C(F)(F)F. The number of nitrogen functional groups attached to an aromatic ring is 1. The molecule has 1 atom stereocenters. The summed E-state index contributed by atoms with van der Waals surface area (Å²) >= 11 is 0. The minimum atomic E-state index is -5.08. The average Bonchev–Trinajstić information content (AvgIpc) is 3.55. The number of alkyl halides is 6. The van der Waals surface area contributed by atoms with Crippen LogP contribution in [-0.2, 0) is 16.0 Å². The fraction of sp³-hybridized carbons (Fsp3) is 0.235. The van der Waals surface area contributed by atoms with Gasteiger partial charge in [-0.3, -0.25) is 0 Å². The Balaban J connectivity index is 0.000000424. The Morgan fingerprint density at radius 2 is 1.59 bits per heavy atom. The minimum absolute atomic E-state index is 0.242. The number of ether oxygens (including phenoxy) is 1. The van der Waals surface area contributed by atoms with E-state index in [2.05, 4.69) is 26.3 Å². The highest BCUT2D eigenvalue weighted by molar-refractivity contribution is 5.93. The summed E-state index contributed by atoms with van der Waals surface area (Å²) < 4.78 is 85.0. The molecule has 5 rings (SSSR count). The van der Waals surface area contributed by atoms with Crippen molar-refractivity contribution < 1.29 is 55.3 Å². The predicted molar refractivity (Wildman–Crippen MR) is 175 cm³/mol. The summed E-state index contributed by atoms with van der Waals surface area (Å²) in [6.07, 6.45) is -5.95. The summed E-state index contributed by atoms with van der Waals surface area (Å²) in [5, 5.41) is 19.6. The molecule has 0 bridgehead atoms. The largest absolute Gasteiger partial charge is 0.491 e. The minimum Gasteiger partial charge on any atom is -0.491 e. The maximum Gasteiger partial charge on any atom is 0.490 e. The fourth-order valence-electron chi connectivity index (χ4n) is 4.55. The normalized spacial score (nSPS) is 11.8. The molecule has 0 aliphatic rings. The Morgan fingerprint density at radius 3 is 2.16 bits per heavy atom. The van der Waals surface area contributed by atoms with Crippen LogP contribution < -0.4 is 15.8 Å². The molecule has 1 unspecified atom stereocenters. The third kappa shape index (κ3) is 10.8. The Hall–Kier alpha value is -5.87. The number of aryl methyl sites for hydroxylation is 2. The quantitative estimate of drug-likeness (QED) is 0.0996. The molecule has 5 aromatic rings. The molecule has 0 aliphatic heterocycles. The van der Waals surface area contributed by atoms with Crippen molar-refractivity contribution in [1.29, 1.82) is 0 Å². The first-order valence-corrected chi connectivity index (χ1v) is 14.9. The molecule has 51 heavy (non-hydrogen) atoms. The lowest BCUT2D eigenvalue weighted by Gasteiger charge is -2.22. The molecule has 10 nitrogen and oxygen atoms in total. The number of nitrogens with one attached hydrogen (secondary N) is 2. The van der Waals surface area contributed by atoms with E-state index in [9.17, 15) is 26.3 Å². The highest BCUT2D eigenvalue weighted by Crippen LogP contribution is 2.35. The Morgan fingerprint density at radius 1 is 0.941 bits per heavy atom.